The quantitative estimate of drug-likeness (QED) is 0.522. The van der Waals surface area contributed by atoms with Gasteiger partial charge >= 0.3 is 0 Å². The molecule has 0 radical (unpaired) electrons. The van der Waals surface area contributed by atoms with Gasteiger partial charge in [0, 0.05) is 20.0 Å². The zero-order valence-electron chi connectivity index (χ0n) is 7.29. The molecule has 0 atom stereocenters. The predicted octanol–water partition coefficient (Wildman–Crippen LogP) is 1.01. The highest BCUT2D eigenvalue weighted by atomic mass is 16.2. The number of rotatable bonds is 0. The second-order valence-electron chi connectivity index (χ2n) is 2.25. The summed E-state index contributed by atoms with van der Waals surface area (Å²) in [7, 11) is 0. The van der Waals surface area contributed by atoms with E-state index in [1.807, 2.05) is 13.8 Å². The fourth-order valence-corrected chi connectivity index (χ4v) is 0.817. The maximum absolute atomic E-state index is 10.5. The van der Waals surface area contributed by atoms with Crippen LogP contribution in [0.2, 0.25) is 0 Å². The van der Waals surface area contributed by atoms with Crippen LogP contribution in [0.15, 0.2) is 0 Å². The molecule has 11 heavy (non-hydrogen) atoms. The maximum Gasteiger partial charge on any atom is 0.219 e. The molecular weight excluding hydrogens is 140 g/mol. The third-order valence-corrected chi connectivity index (χ3v) is 1.51. The van der Waals surface area contributed by atoms with Crippen molar-refractivity contribution in [2.45, 2.75) is 20.8 Å². The Bertz CT molecular complexity index is 165. The fourth-order valence-electron chi connectivity index (χ4n) is 0.817. The summed E-state index contributed by atoms with van der Waals surface area (Å²) in [5.41, 5.74) is 0. The number of nitrogens with zero attached hydrogens (tertiary/aromatic N) is 2. The number of likely N-dealkylation sites (tertiary alicyclic amines) is 1. The van der Waals surface area contributed by atoms with E-state index in [0.29, 0.717) is 13.1 Å². The van der Waals surface area contributed by atoms with Gasteiger partial charge < -0.3 is 4.90 Å². The van der Waals surface area contributed by atoms with Gasteiger partial charge in [0.1, 0.15) is 0 Å². The van der Waals surface area contributed by atoms with Crippen LogP contribution in [-0.2, 0) is 4.79 Å². The highest BCUT2D eigenvalue weighted by Crippen LogP contribution is 2.13. The number of carbonyl (C=O) groups is 1. The van der Waals surface area contributed by atoms with Gasteiger partial charge in [0.05, 0.1) is 12.0 Å². The minimum absolute atomic E-state index is 0.0708. The first-order chi connectivity index (χ1) is 5.24. The molecule has 0 aromatic heterocycles. The molecule has 0 aliphatic carbocycles. The molecule has 1 aliphatic heterocycles. The second-order valence-corrected chi connectivity index (χ2v) is 2.25. The van der Waals surface area contributed by atoms with Crippen molar-refractivity contribution in [3.63, 3.8) is 0 Å². The number of hydrogen-bond acceptors (Lipinski definition) is 2. The zero-order chi connectivity index (χ0) is 8.85. The first-order valence-electron chi connectivity index (χ1n) is 3.89. The number of amides is 1. The summed E-state index contributed by atoms with van der Waals surface area (Å²) >= 11 is 0. The van der Waals surface area contributed by atoms with E-state index in [4.69, 9.17) is 5.26 Å². The van der Waals surface area contributed by atoms with Gasteiger partial charge in [0.15, 0.2) is 0 Å². The molecule has 62 valence electrons. The molecule has 1 saturated heterocycles. The number of carbonyl (C=O) groups excluding carboxylic acids is 1. The molecule has 0 spiro atoms. The second kappa shape index (κ2) is 4.73. The number of hydrogen-bond donors (Lipinski definition) is 0. The Morgan fingerprint density at radius 2 is 2.00 bits per heavy atom. The summed E-state index contributed by atoms with van der Waals surface area (Å²) in [4.78, 5) is 12.2. The van der Waals surface area contributed by atoms with Crippen molar-refractivity contribution in [1.82, 2.24) is 4.90 Å². The average molecular weight is 154 g/mol. The van der Waals surface area contributed by atoms with Crippen molar-refractivity contribution in [3.05, 3.63) is 0 Å². The van der Waals surface area contributed by atoms with Gasteiger partial charge in [-0.2, -0.15) is 5.26 Å². The van der Waals surface area contributed by atoms with Gasteiger partial charge in [-0.15, -0.1) is 0 Å². The van der Waals surface area contributed by atoms with Crippen molar-refractivity contribution < 1.29 is 4.79 Å². The third-order valence-electron chi connectivity index (χ3n) is 1.51. The monoisotopic (exact) mass is 154 g/mol. The normalized spacial score (nSPS) is 15.6. The highest BCUT2D eigenvalue weighted by Gasteiger charge is 2.27. The molecule has 1 aliphatic rings. The van der Waals surface area contributed by atoms with E-state index in [1.54, 1.807) is 4.90 Å². The van der Waals surface area contributed by atoms with E-state index >= 15 is 0 Å². The summed E-state index contributed by atoms with van der Waals surface area (Å²) in [6, 6.07) is 2.09. The van der Waals surface area contributed by atoms with Crippen LogP contribution in [0.4, 0.5) is 0 Å². The molecule has 0 aromatic carbocycles. The van der Waals surface area contributed by atoms with Gasteiger partial charge in [0.2, 0.25) is 5.91 Å². The minimum atomic E-state index is 0.0708. The van der Waals surface area contributed by atoms with Crippen molar-refractivity contribution in [3.8, 4) is 6.07 Å². The molecule has 3 nitrogen and oxygen atoms in total. The lowest BCUT2D eigenvalue weighted by Crippen LogP contribution is -2.48. The third kappa shape index (κ3) is 2.58. The van der Waals surface area contributed by atoms with Crippen molar-refractivity contribution in [2.75, 3.05) is 13.1 Å². The van der Waals surface area contributed by atoms with Crippen LogP contribution in [0.1, 0.15) is 20.8 Å². The van der Waals surface area contributed by atoms with Crippen LogP contribution in [0.25, 0.3) is 0 Å². The Morgan fingerprint density at radius 1 is 1.55 bits per heavy atom. The summed E-state index contributed by atoms with van der Waals surface area (Å²) < 4.78 is 0. The van der Waals surface area contributed by atoms with Crippen LogP contribution < -0.4 is 0 Å². The van der Waals surface area contributed by atoms with E-state index in [-0.39, 0.29) is 11.8 Å². The summed E-state index contributed by atoms with van der Waals surface area (Å²) in [5.74, 6) is 0.162. The molecule has 1 fully saturated rings. The Balaban J connectivity index is 0.000000461. The summed E-state index contributed by atoms with van der Waals surface area (Å²) in [6.45, 7) is 6.78. The largest absolute Gasteiger partial charge is 0.340 e. The van der Waals surface area contributed by atoms with Gasteiger partial charge in [-0.25, -0.2) is 0 Å². The Kier molecular flexibility index (Phi) is 4.28. The fraction of sp³-hybridized carbons (Fsp3) is 0.750. The Labute approximate surface area is 67.6 Å². The van der Waals surface area contributed by atoms with Crippen LogP contribution in [0.3, 0.4) is 0 Å². The van der Waals surface area contributed by atoms with Crippen molar-refractivity contribution in [1.29, 1.82) is 5.26 Å². The van der Waals surface area contributed by atoms with Gasteiger partial charge in [0.25, 0.3) is 0 Å². The van der Waals surface area contributed by atoms with Crippen LogP contribution in [-0.4, -0.2) is 23.9 Å². The molecule has 0 N–H and O–H groups in total. The van der Waals surface area contributed by atoms with Crippen molar-refractivity contribution >= 4 is 5.91 Å². The van der Waals surface area contributed by atoms with Gasteiger partial charge in [-0.3, -0.25) is 4.79 Å². The standard InChI is InChI=1S/C6H8N2O.C2H6/c1-5(9)8-3-6(2-7)4-8;1-2/h6H,3-4H2,1H3;1-2H3. The molecule has 0 saturated carbocycles. The van der Waals surface area contributed by atoms with E-state index in [2.05, 4.69) is 6.07 Å². The first kappa shape index (κ1) is 9.96. The molecular formula is C8H14N2O. The van der Waals surface area contributed by atoms with Gasteiger partial charge in [-0.05, 0) is 0 Å². The molecule has 3 heteroatoms. The predicted molar refractivity (Wildman–Crippen MR) is 42.7 cm³/mol. The summed E-state index contributed by atoms with van der Waals surface area (Å²) in [6.07, 6.45) is 0. The molecule has 1 rings (SSSR count). The van der Waals surface area contributed by atoms with E-state index < -0.39 is 0 Å². The van der Waals surface area contributed by atoms with Crippen LogP contribution in [0, 0.1) is 17.2 Å². The topological polar surface area (TPSA) is 44.1 Å². The Morgan fingerprint density at radius 3 is 2.27 bits per heavy atom. The highest BCUT2D eigenvalue weighted by molar-refractivity contribution is 5.74. The Hall–Kier alpha value is -1.04. The van der Waals surface area contributed by atoms with Crippen LogP contribution in [0.5, 0.6) is 0 Å². The molecule has 0 aromatic rings. The molecule has 1 amide bonds. The minimum Gasteiger partial charge on any atom is -0.340 e. The maximum atomic E-state index is 10.5. The van der Waals surface area contributed by atoms with Gasteiger partial charge in [-0.1, -0.05) is 13.8 Å². The first-order valence-corrected chi connectivity index (χ1v) is 3.89. The lowest BCUT2D eigenvalue weighted by molar-refractivity contribution is -0.133. The SMILES string of the molecule is CC.CC(=O)N1CC(C#N)C1. The van der Waals surface area contributed by atoms with Crippen LogP contribution >= 0.6 is 0 Å². The smallest absolute Gasteiger partial charge is 0.219 e. The number of nitriles is 1. The summed E-state index contributed by atoms with van der Waals surface area (Å²) in [5, 5.41) is 8.30. The van der Waals surface area contributed by atoms with E-state index in [0.717, 1.165) is 0 Å². The molecule has 0 bridgehead atoms. The molecule has 1 heterocycles. The molecule has 0 unspecified atom stereocenters. The van der Waals surface area contributed by atoms with Crippen molar-refractivity contribution in [2.24, 2.45) is 5.92 Å². The lowest BCUT2D eigenvalue weighted by atomic mass is 10.0. The van der Waals surface area contributed by atoms with E-state index in [1.165, 1.54) is 6.92 Å². The zero-order valence-corrected chi connectivity index (χ0v) is 7.29. The van der Waals surface area contributed by atoms with E-state index in [9.17, 15) is 4.79 Å². The average Bonchev–Trinajstić information content (AvgIpc) is 1.89. The lowest BCUT2D eigenvalue weighted by Gasteiger charge is -2.34.